The number of unbranched alkanes of at least 4 members (excludes halogenated alkanes) is 3. The fourth-order valence-corrected chi connectivity index (χ4v) is 5.08. The quantitative estimate of drug-likeness (QED) is 0.0992. The van der Waals surface area contributed by atoms with Crippen LogP contribution in [0.4, 0.5) is 0 Å². The third-order valence-electron chi connectivity index (χ3n) is 7.40. The maximum Gasteiger partial charge on any atom is 0.302 e. The molecule has 248 valence electrons. The van der Waals surface area contributed by atoms with E-state index in [1.165, 1.54) is 13.8 Å². The van der Waals surface area contributed by atoms with E-state index in [0.29, 0.717) is 44.4 Å². The lowest BCUT2D eigenvalue weighted by Crippen LogP contribution is -2.51. The van der Waals surface area contributed by atoms with Gasteiger partial charge in [0.25, 0.3) is 0 Å². The third-order valence-corrected chi connectivity index (χ3v) is 7.40. The predicted molar refractivity (Wildman–Crippen MR) is 169 cm³/mol. The van der Waals surface area contributed by atoms with Crippen LogP contribution in [-0.4, -0.2) is 86.3 Å². The molecule has 0 aromatic rings. The molecular formula is C33H59N3O7. The smallest absolute Gasteiger partial charge is 0.302 e. The van der Waals surface area contributed by atoms with Crippen molar-refractivity contribution in [1.82, 2.24) is 15.5 Å². The molecule has 0 aliphatic rings. The van der Waals surface area contributed by atoms with Crippen LogP contribution in [-0.2, 0) is 33.4 Å². The number of Topliss-reactive ketones (excluding diaryl/α,β-unsaturated/α-hetero) is 2. The molecule has 0 bridgehead atoms. The zero-order valence-corrected chi connectivity index (χ0v) is 28.4. The number of carbonyl (C=O) groups excluding carboxylic acids is 5. The molecule has 0 saturated heterocycles. The van der Waals surface area contributed by atoms with Crippen LogP contribution in [0.5, 0.6) is 0 Å². The molecule has 0 aromatic heterocycles. The third kappa shape index (κ3) is 17.3. The molecule has 10 heteroatoms. The van der Waals surface area contributed by atoms with Crippen molar-refractivity contribution in [3.8, 4) is 0 Å². The van der Waals surface area contributed by atoms with Crippen molar-refractivity contribution in [3.63, 3.8) is 0 Å². The Labute approximate surface area is 260 Å². The molecule has 2 N–H and O–H groups in total. The van der Waals surface area contributed by atoms with Crippen molar-refractivity contribution < 1.29 is 33.4 Å². The molecule has 1 amide bonds. The number of allylic oxidation sites excluding steroid dienone is 1. The Morgan fingerprint density at radius 3 is 1.86 bits per heavy atom. The summed E-state index contributed by atoms with van der Waals surface area (Å²) in [6, 6.07) is -1.44. The van der Waals surface area contributed by atoms with E-state index in [0.717, 1.165) is 12.8 Å². The molecular weight excluding hydrogens is 550 g/mol. The number of amides is 1. The molecule has 0 aliphatic heterocycles. The van der Waals surface area contributed by atoms with E-state index in [4.69, 9.17) is 9.47 Å². The molecule has 0 rings (SSSR count). The Balaban J connectivity index is 4.95. The van der Waals surface area contributed by atoms with Gasteiger partial charge in [-0.2, -0.15) is 0 Å². The highest BCUT2D eigenvalue weighted by molar-refractivity contribution is 5.91. The van der Waals surface area contributed by atoms with Gasteiger partial charge in [0, 0.05) is 26.7 Å². The van der Waals surface area contributed by atoms with E-state index in [1.54, 1.807) is 32.1 Å². The minimum absolute atomic E-state index is 0.00568. The van der Waals surface area contributed by atoms with Crippen LogP contribution in [0.15, 0.2) is 12.2 Å². The number of nitrogens with one attached hydrogen (secondary N) is 2. The summed E-state index contributed by atoms with van der Waals surface area (Å²) >= 11 is 0. The van der Waals surface area contributed by atoms with Crippen molar-refractivity contribution in [1.29, 1.82) is 0 Å². The van der Waals surface area contributed by atoms with Gasteiger partial charge in [0.05, 0.1) is 12.1 Å². The van der Waals surface area contributed by atoms with E-state index >= 15 is 0 Å². The van der Waals surface area contributed by atoms with Crippen molar-refractivity contribution in [3.05, 3.63) is 12.2 Å². The Hall–Kier alpha value is -2.59. The molecule has 5 atom stereocenters. The highest BCUT2D eigenvalue weighted by atomic mass is 16.5. The van der Waals surface area contributed by atoms with Crippen LogP contribution in [0.25, 0.3) is 0 Å². The molecule has 0 radical (unpaired) electrons. The van der Waals surface area contributed by atoms with Gasteiger partial charge in [0.2, 0.25) is 5.91 Å². The normalized spacial score (nSPS) is 15.3. The summed E-state index contributed by atoms with van der Waals surface area (Å²) in [5.41, 5.74) is 0. The zero-order valence-electron chi connectivity index (χ0n) is 28.4. The van der Waals surface area contributed by atoms with Gasteiger partial charge in [0.1, 0.15) is 18.8 Å². The molecule has 0 saturated carbocycles. The van der Waals surface area contributed by atoms with Gasteiger partial charge < -0.3 is 20.1 Å². The van der Waals surface area contributed by atoms with Gasteiger partial charge >= 0.3 is 11.9 Å². The largest absolute Gasteiger partial charge is 0.462 e. The lowest BCUT2D eigenvalue weighted by molar-refractivity contribution is -0.155. The Morgan fingerprint density at radius 2 is 1.40 bits per heavy atom. The summed E-state index contributed by atoms with van der Waals surface area (Å²) in [7, 11) is 5.37. The first kappa shape index (κ1) is 40.4. The number of carbonyl (C=O) groups is 5. The first-order valence-electron chi connectivity index (χ1n) is 15.8. The molecule has 10 nitrogen and oxygen atoms in total. The lowest BCUT2D eigenvalue weighted by atomic mass is 9.89. The Kier molecular flexibility index (Phi) is 20.7. The number of likely N-dealkylation sites (N-methyl/N-ethyl adjacent to an activating group) is 2. The van der Waals surface area contributed by atoms with Crippen LogP contribution in [0.2, 0.25) is 0 Å². The SMILES string of the molecule is CN[C@@H](CC(C)C)C(=O)N[C@H](C(=O)CCCCCCC(=O)[C@@H]([C@@H](OC(C)=O)[C@H](C)C/C=C/COC(C)=O)N(C)C)C(C)C. The number of ketones is 2. The van der Waals surface area contributed by atoms with E-state index in [9.17, 15) is 24.0 Å². The van der Waals surface area contributed by atoms with Gasteiger partial charge in [-0.1, -0.05) is 59.6 Å². The molecule has 43 heavy (non-hydrogen) atoms. The van der Waals surface area contributed by atoms with Crippen LogP contribution < -0.4 is 10.6 Å². The van der Waals surface area contributed by atoms with Gasteiger partial charge in [-0.15, -0.1) is 0 Å². The fourth-order valence-electron chi connectivity index (χ4n) is 5.08. The number of hydrogen-bond acceptors (Lipinski definition) is 9. The maximum absolute atomic E-state index is 13.3. The summed E-state index contributed by atoms with van der Waals surface area (Å²) in [5, 5.41) is 6.01. The second-order valence-corrected chi connectivity index (χ2v) is 12.5. The van der Waals surface area contributed by atoms with Crippen molar-refractivity contribution >= 4 is 29.4 Å². The van der Waals surface area contributed by atoms with E-state index in [-0.39, 0.29) is 47.9 Å². The van der Waals surface area contributed by atoms with Gasteiger partial charge in [-0.05, 0) is 64.6 Å². The van der Waals surface area contributed by atoms with Crippen molar-refractivity contribution in [2.24, 2.45) is 17.8 Å². The van der Waals surface area contributed by atoms with Gasteiger partial charge in [-0.3, -0.25) is 28.9 Å². The number of ether oxygens (including phenoxy) is 2. The average Bonchev–Trinajstić information content (AvgIpc) is 2.90. The average molecular weight is 610 g/mol. The molecule has 0 heterocycles. The Bertz CT molecular complexity index is 901. The summed E-state index contributed by atoms with van der Waals surface area (Å²) in [6.07, 6.45) is 7.91. The molecule has 0 aliphatic carbocycles. The van der Waals surface area contributed by atoms with Crippen LogP contribution in [0, 0.1) is 17.8 Å². The minimum Gasteiger partial charge on any atom is -0.462 e. The number of esters is 2. The monoisotopic (exact) mass is 609 g/mol. The molecule has 0 fully saturated rings. The summed E-state index contributed by atoms with van der Waals surface area (Å²) in [5.74, 6) is -0.691. The number of nitrogens with zero attached hydrogens (tertiary/aromatic N) is 1. The number of rotatable bonds is 23. The zero-order chi connectivity index (χ0) is 33.1. The molecule has 0 unspecified atom stereocenters. The number of hydrogen-bond donors (Lipinski definition) is 2. The summed E-state index contributed by atoms with van der Waals surface area (Å²) in [6.45, 7) is 12.8. The second kappa shape index (κ2) is 22.0. The molecule has 0 spiro atoms. The van der Waals surface area contributed by atoms with Crippen molar-refractivity contribution in [2.45, 2.75) is 124 Å². The fraction of sp³-hybridized carbons (Fsp3) is 0.788. The first-order chi connectivity index (χ1) is 20.1. The van der Waals surface area contributed by atoms with Crippen LogP contribution in [0.1, 0.15) is 99.8 Å². The Morgan fingerprint density at radius 1 is 0.814 bits per heavy atom. The van der Waals surface area contributed by atoms with Gasteiger partial charge in [-0.25, -0.2) is 0 Å². The topological polar surface area (TPSA) is 131 Å². The summed E-state index contributed by atoms with van der Waals surface area (Å²) < 4.78 is 10.5. The van der Waals surface area contributed by atoms with Crippen LogP contribution in [0.3, 0.4) is 0 Å². The maximum atomic E-state index is 13.3. The highest BCUT2D eigenvalue weighted by Gasteiger charge is 2.35. The minimum atomic E-state index is -0.623. The van der Waals surface area contributed by atoms with Crippen molar-refractivity contribution in [2.75, 3.05) is 27.7 Å². The van der Waals surface area contributed by atoms with E-state index < -0.39 is 24.2 Å². The van der Waals surface area contributed by atoms with E-state index in [2.05, 4.69) is 24.5 Å². The van der Waals surface area contributed by atoms with Crippen LogP contribution >= 0.6 is 0 Å². The first-order valence-corrected chi connectivity index (χ1v) is 15.8. The highest BCUT2D eigenvalue weighted by Crippen LogP contribution is 2.22. The standard InChI is InChI=1S/C33H59N3O7/c1-22(2)21-27(34-8)33(41)35-30(23(3)4)28(39)18-13-11-12-14-19-29(40)31(36(9)10)32(43-26(7)38)24(5)17-15-16-20-42-25(6)37/h15-16,22-24,27,30-32,34H,11-14,17-21H2,1-10H3,(H,35,41)/b16-15+/t24-,27+,30+,31+,32+/m1/s1. The predicted octanol–water partition coefficient (Wildman–Crippen LogP) is 4.25. The summed E-state index contributed by atoms with van der Waals surface area (Å²) in [4.78, 5) is 63.7. The molecule has 0 aromatic carbocycles. The lowest BCUT2D eigenvalue weighted by Gasteiger charge is -2.34. The van der Waals surface area contributed by atoms with E-state index in [1.807, 2.05) is 26.8 Å². The second-order valence-electron chi connectivity index (χ2n) is 12.5. The van der Waals surface area contributed by atoms with Gasteiger partial charge in [0.15, 0.2) is 11.6 Å².